The molecule has 0 spiro atoms. The van der Waals surface area contributed by atoms with Gasteiger partial charge in [0.1, 0.15) is 0 Å². The van der Waals surface area contributed by atoms with Crippen LogP contribution in [0.5, 0.6) is 0 Å². The van der Waals surface area contributed by atoms with Crippen molar-refractivity contribution in [3.8, 4) is 0 Å². The van der Waals surface area contributed by atoms with Crippen LogP contribution in [0.2, 0.25) is 0 Å². The number of carbonyl (C=O) groups is 1. The van der Waals surface area contributed by atoms with Gasteiger partial charge >= 0.3 is 0 Å². The Kier molecular flexibility index (Phi) is 4.47. The second-order valence-electron chi connectivity index (χ2n) is 5.37. The van der Waals surface area contributed by atoms with Crippen molar-refractivity contribution in [3.05, 3.63) is 23.0 Å². The molecule has 0 saturated heterocycles. The zero-order valence-corrected chi connectivity index (χ0v) is 11.5. The first-order valence-electron chi connectivity index (χ1n) is 6.83. The molecule has 1 saturated carbocycles. The summed E-state index contributed by atoms with van der Waals surface area (Å²) in [6.07, 6.45) is 3.49. The van der Waals surface area contributed by atoms with Crippen molar-refractivity contribution in [1.29, 1.82) is 0 Å². The van der Waals surface area contributed by atoms with Gasteiger partial charge in [0.15, 0.2) is 0 Å². The molecule has 1 aliphatic rings. The number of nitrogens with zero attached hydrogens (tertiary/aromatic N) is 2. The summed E-state index contributed by atoms with van der Waals surface area (Å²) in [7, 11) is 0. The maximum Gasteiger partial charge on any atom is 0.253 e. The third kappa shape index (κ3) is 3.73. The van der Waals surface area contributed by atoms with Crippen LogP contribution in [0.4, 0.5) is 0 Å². The van der Waals surface area contributed by atoms with Crippen molar-refractivity contribution >= 4 is 5.91 Å². The molecular formula is C14H21N3O2. The number of carbonyl (C=O) groups excluding carboxylic acids is 1. The Balaban J connectivity index is 1.89. The van der Waals surface area contributed by atoms with Gasteiger partial charge in [-0.15, -0.1) is 0 Å². The predicted molar refractivity (Wildman–Crippen MR) is 71.8 cm³/mol. The minimum atomic E-state index is -0.152. The molecule has 1 amide bonds. The summed E-state index contributed by atoms with van der Waals surface area (Å²) in [5, 5.41) is 20.3. The third-order valence-electron chi connectivity index (χ3n) is 3.71. The van der Waals surface area contributed by atoms with Crippen LogP contribution in [-0.2, 0) is 0 Å². The first kappa shape index (κ1) is 13.9. The second-order valence-corrected chi connectivity index (χ2v) is 5.37. The first-order valence-corrected chi connectivity index (χ1v) is 6.83. The molecule has 0 aromatic carbocycles. The zero-order chi connectivity index (χ0) is 13.8. The smallest absolute Gasteiger partial charge is 0.253 e. The van der Waals surface area contributed by atoms with Crippen LogP contribution >= 0.6 is 0 Å². The molecular weight excluding hydrogens is 242 g/mol. The number of rotatable bonds is 3. The molecule has 1 heterocycles. The van der Waals surface area contributed by atoms with E-state index >= 15 is 0 Å². The van der Waals surface area contributed by atoms with E-state index in [-0.39, 0.29) is 12.0 Å². The number of hydrogen-bond acceptors (Lipinski definition) is 4. The minimum absolute atomic E-state index is 0.0818. The van der Waals surface area contributed by atoms with Crippen LogP contribution < -0.4 is 5.32 Å². The van der Waals surface area contributed by atoms with E-state index in [1.54, 1.807) is 13.0 Å². The Morgan fingerprint density at radius 2 is 2.00 bits per heavy atom. The highest BCUT2D eigenvalue weighted by Crippen LogP contribution is 2.23. The van der Waals surface area contributed by atoms with Crippen LogP contribution in [0.25, 0.3) is 0 Å². The molecule has 0 atom stereocenters. The number of aryl methyl sites for hydroxylation is 2. The van der Waals surface area contributed by atoms with E-state index in [1.807, 2.05) is 6.92 Å². The lowest BCUT2D eigenvalue weighted by molar-refractivity contribution is 0.0909. The molecule has 0 aliphatic heterocycles. The Morgan fingerprint density at radius 1 is 1.32 bits per heavy atom. The summed E-state index contributed by atoms with van der Waals surface area (Å²) in [6.45, 7) is 4.29. The average molecular weight is 263 g/mol. The highest BCUT2D eigenvalue weighted by atomic mass is 16.3. The third-order valence-corrected chi connectivity index (χ3v) is 3.71. The molecule has 1 fully saturated rings. The fourth-order valence-electron chi connectivity index (χ4n) is 2.46. The summed E-state index contributed by atoms with van der Waals surface area (Å²) in [5.41, 5.74) is 2.00. The molecule has 1 aliphatic carbocycles. The standard InChI is InChI=1S/C14H21N3O2/c1-9-7-13(10(2)17-16-9)14(19)15-8-11-3-5-12(18)6-4-11/h7,11-12,18H,3-6,8H2,1-2H3,(H,15,19). The topological polar surface area (TPSA) is 75.1 Å². The van der Waals surface area contributed by atoms with Crippen LogP contribution in [-0.4, -0.2) is 33.9 Å². The maximum atomic E-state index is 12.1. The van der Waals surface area contributed by atoms with E-state index in [4.69, 9.17) is 0 Å². The minimum Gasteiger partial charge on any atom is -0.393 e. The van der Waals surface area contributed by atoms with Crippen molar-refractivity contribution in [2.75, 3.05) is 6.54 Å². The molecule has 1 aromatic heterocycles. The summed E-state index contributed by atoms with van der Waals surface area (Å²) in [6, 6.07) is 1.77. The molecule has 19 heavy (non-hydrogen) atoms. The summed E-state index contributed by atoms with van der Waals surface area (Å²) in [5.74, 6) is 0.394. The molecule has 5 nitrogen and oxygen atoms in total. The Hall–Kier alpha value is -1.49. The average Bonchev–Trinajstić information content (AvgIpc) is 2.40. The molecule has 2 N–H and O–H groups in total. The number of nitrogens with one attached hydrogen (secondary N) is 1. The molecule has 1 aromatic rings. The first-order chi connectivity index (χ1) is 9.06. The molecule has 2 rings (SSSR count). The quantitative estimate of drug-likeness (QED) is 0.863. The van der Waals surface area contributed by atoms with E-state index in [2.05, 4.69) is 15.5 Å². The van der Waals surface area contributed by atoms with Crippen molar-refractivity contribution in [1.82, 2.24) is 15.5 Å². The lowest BCUT2D eigenvalue weighted by atomic mass is 9.87. The fourth-order valence-corrected chi connectivity index (χ4v) is 2.46. The Labute approximate surface area is 113 Å². The van der Waals surface area contributed by atoms with Gasteiger partial charge in [-0.1, -0.05) is 0 Å². The molecule has 0 bridgehead atoms. The zero-order valence-electron chi connectivity index (χ0n) is 11.5. The van der Waals surface area contributed by atoms with Gasteiger partial charge in [0.25, 0.3) is 5.91 Å². The van der Waals surface area contributed by atoms with Gasteiger partial charge in [0.2, 0.25) is 0 Å². The summed E-state index contributed by atoms with van der Waals surface area (Å²) >= 11 is 0. The fraction of sp³-hybridized carbons (Fsp3) is 0.643. The second kappa shape index (κ2) is 6.10. The summed E-state index contributed by atoms with van der Waals surface area (Å²) < 4.78 is 0. The number of aliphatic hydroxyl groups excluding tert-OH is 1. The van der Waals surface area contributed by atoms with Crippen LogP contribution in [0.15, 0.2) is 6.07 Å². The van der Waals surface area contributed by atoms with E-state index in [1.165, 1.54) is 0 Å². The van der Waals surface area contributed by atoms with Gasteiger partial charge in [-0.05, 0) is 51.5 Å². The van der Waals surface area contributed by atoms with Gasteiger partial charge in [0, 0.05) is 6.54 Å². The van der Waals surface area contributed by atoms with Crippen molar-refractivity contribution < 1.29 is 9.90 Å². The van der Waals surface area contributed by atoms with E-state index in [9.17, 15) is 9.90 Å². The number of aliphatic hydroxyl groups is 1. The molecule has 0 radical (unpaired) electrons. The lowest BCUT2D eigenvalue weighted by Crippen LogP contribution is -2.32. The normalized spacial score (nSPS) is 23.1. The van der Waals surface area contributed by atoms with Gasteiger partial charge in [-0.3, -0.25) is 4.79 Å². The van der Waals surface area contributed by atoms with E-state index < -0.39 is 0 Å². The van der Waals surface area contributed by atoms with Crippen LogP contribution in [0, 0.1) is 19.8 Å². The summed E-state index contributed by atoms with van der Waals surface area (Å²) in [4.78, 5) is 12.1. The maximum absolute atomic E-state index is 12.1. The molecule has 104 valence electrons. The Bertz CT molecular complexity index is 454. The Morgan fingerprint density at radius 3 is 2.68 bits per heavy atom. The van der Waals surface area contributed by atoms with E-state index in [0.29, 0.717) is 23.7 Å². The largest absolute Gasteiger partial charge is 0.393 e. The van der Waals surface area contributed by atoms with Gasteiger partial charge in [0.05, 0.1) is 23.1 Å². The predicted octanol–water partition coefficient (Wildman–Crippen LogP) is 1.37. The van der Waals surface area contributed by atoms with Crippen molar-refractivity contribution in [2.45, 2.75) is 45.6 Å². The monoisotopic (exact) mass is 263 g/mol. The van der Waals surface area contributed by atoms with E-state index in [0.717, 1.165) is 31.4 Å². The lowest BCUT2D eigenvalue weighted by Gasteiger charge is -2.25. The SMILES string of the molecule is Cc1cc(C(=O)NCC2CCC(O)CC2)c(C)nn1. The number of amides is 1. The van der Waals surface area contributed by atoms with Crippen LogP contribution in [0.1, 0.15) is 47.4 Å². The van der Waals surface area contributed by atoms with Crippen molar-refractivity contribution in [3.63, 3.8) is 0 Å². The number of aromatic nitrogens is 2. The van der Waals surface area contributed by atoms with Crippen molar-refractivity contribution in [2.24, 2.45) is 5.92 Å². The molecule has 0 unspecified atom stereocenters. The van der Waals surface area contributed by atoms with Crippen LogP contribution in [0.3, 0.4) is 0 Å². The van der Waals surface area contributed by atoms with Gasteiger partial charge in [-0.25, -0.2) is 0 Å². The highest BCUT2D eigenvalue weighted by Gasteiger charge is 2.20. The highest BCUT2D eigenvalue weighted by molar-refractivity contribution is 5.95. The molecule has 5 heteroatoms. The number of hydrogen-bond donors (Lipinski definition) is 2. The van der Waals surface area contributed by atoms with Gasteiger partial charge < -0.3 is 10.4 Å². The van der Waals surface area contributed by atoms with Gasteiger partial charge in [-0.2, -0.15) is 10.2 Å².